The van der Waals surface area contributed by atoms with Crippen LogP contribution >= 0.6 is 0 Å². The van der Waals surface area contributed by atoms with E-state index in [1.807, 2.05) is 0 Å². The molecule has 0 aliphatic heterocycles. The molecular formula is C6H10FN3O4. The van der Waals surface area contributed by atoms with Gasteiger partial charge in [0.25, 0.3) is 0 Å². The molecule has 1 fully saturated rings. The van der Waals surface area contributed by atoms with E-state index in [1.165, 1.54) is 0 Å². The summed E-state index contributed by atoms with van der Waals surface area (Å²) in [6.07, 6.45) is -9.21. The van der Waals surface area contributed by atoms with E-state index >= 15 is 0 Å². The van der Waals surface area contributed by atoms with Gasteiger partial charge in [0, 0.05) is 4.91 Å². The minimum Gasteiger partial charge on any atom is -0.390 e. The lowest BCUT2D eigenvalue weighted by molar-refractivity contribution is -0.168. The van der Waals surface area contributed by atoms with Crippen LogP contribution in [0.25, 0.3) is 10.4 Å². The molecule has 0 bridgehead atoms. The van der Waals surface area contributed by atoms with Crippen molar-refractivity contribution in [3.63, 3.8) is 0 Å². The Labute approximate surface area is 78.0 Å². The van der Waals surface area contributed by atoms with Gasteiger partial charge in [-0.25, -0.2) is 4.39 Å². The van der Waals surface area contributed by atoms with Crippen LogP contribution in [0.5, 0.6) is 0 Å². The molecule has 0 radical (unpaired) electrons. The van der Waals surface area contributed by atoms with Crippen LogP contribution in [0.15, 0.2) is 5.11 Å². The van der Waals surface area contributed by atoms with Crippen molar-refractivity contribution in [2.45, 2.75) is 36.6 Å². The lowest BCUT2D eigenvalue weighted by atomic mass is 9.84. The first kappa shape index (κ1) is 11.2. The highest BCUT2D eigenvalue weighted by Crippen LogP contribution is 2.26. The average molecular weight is 207 g/mol. The number of hydrogen-bond donors (Lipinski definition) is 4. The van der Waals surface area contributed by atoms with Crippen LogP contribution < -0.4 is 0 Å². The molecular weight excluding hydrogens is 197 g/mol. The number of hydrogen-bond acceptors (Lipinski definition) is 5. The molecule has 0 aromatic heterocycles. The Hall–Kier alpha value is -0.920. The zero-order valence-electron chi connectivity index (χ0n) is 6.97. The van der Waals surface area contributed by atoms with Crippen molar-refractivity contribution in [2.24, 2.45) is 5.11 Å². The van der Waals surface area contributed by atoms with Gasteiger partial charge in [0.05, 0.1) is 12.1 Å². The third-order valence-electron chi connectivity index (χ3n) is 2.24. The standard InChI is InChI=1S/C6H10FN3O4/c7-1-2(9-10-8)4(12)6(14)5(13)3(1)11/h1-6,11-14H/t1?,2?,3-,4-,5-,6-/m1/s1. The van der Waals surface area contributed by atoms with E-state index in [2.05, 4.69) is 10.0 Å². The molecule has 8 heteroatoms. The third kappa shape index (κ3) is 1.66. The molecule has 1 aliphatic rings. The van der Waals surface area contributed by atoms with Gasteiger partial charge in [-0.15, -0.1) is 0 Å². The maximum atomic E-state index is 13.2. The second-order valence-corrected chi connectivity index (χ2v) is 3.10. The van der Waals surface area contributed by atoms with Gasteiger partial charge in [-0.3, -0.25) is 0 Å². The van der Waals surface area contributed by atoms with Crippen LogP contribution in [0.3, 0.4) is 0 Å². The molecule has 0 aromatic rings. The Balaban J connectivity index is 2.91. The van der Waals surface area contributed by atoms with Gasteiger partial charge in [-0.2, -0.15) is 0 Å². The molecule has 1 aliphatic carbocycles. The number of aliphatic hydroxyl groups excluding tert-OH is 4. The van der Waals surface area contributed by atoms with Gasteiger partial charge in [0.2, 0.25) is 0 Å². The molecule has 0 spiro atoms. The molecule has 7 nitrogen and oxygen atoms in total. The van der Waals surface area contributed by atoms with Crippen molar-refractivity contribution in [1.82, 2.24) is 0 Å². The first-order chi connectivity index (χ1) is 6.50. The zero-order chi connectivity index (χ0) is 10.9. The fraction of sp³-hybridized carbons (Fsp3) is 1.00. The SMILES string of the molecule is [N-]=[N+]=NC1C(F)[C@@H](O)[C@@H](O)[C@H](O)[C@@H]1O. The summed E-state index contributed by atoms with van der Waals surface area (Å²) in [7, 11) is 0. The number of alkyl halides is 1. The van der Waals surface area contributed by atoms with Gasteiger partial charge < -0.3 is 20.4 Å². The molecule has 6 atom stereocenters. The highest BCUT2D eigenvalue weighted by atomic mass is 19.1. The summed E-state index contributed by atoms with van der Waals surface area (Å²) in [5.74, 6) is 0. The predicted octanol–water partition coefficient (Wildman–Crippen LogP) is -1.54. The molecule has 14 heavy (non-hydrogen) atoms. The van der Waals surface area contributed by atoms with Gasteiger partial charge in [-0.1, -0.05) is 5.11 Å². The van der Waals surface area contributed by atoms with E-state index in [4.69, 9.17) is 20.9 Å². The first-order valence-electron chi connectivity index (χ1n) is 3.91. The maximum absolute atomic E-state index is 13.2. The molecule has 0 amide bonds. The van der Waals surface area contributed by atoms with Crippen molar-refractivity contribution in [1.29, 1.82) is 0 Å². The number of azide groups is 1. The monoisotopic (exact) mass is 207 g/mol. The highest BCUT2D eigenvalue weighted by Gasteiger charge is 2.48. The topological polar surface area (TPSA) is 130 Å². The van der Waals surface area contributed by atoms with Gasteiger partial charge in [0.15, 0.2) is 0 Å². The number of aliphatic hydroxyl groups is 4. The van der Waals surface area contributed by atoms with Crippen molar-refractivity contribution < 1.29 is 24.8 Å². The van der Waals surface area contributed by atoms with Gasteiger partial charge in [-0.05, 0) is 5.53 Å². The largest absolute Gasteiger partial charge is 0.390 e. The molecule has 80 valence electrons. The molecule has 1 saturated carbocycles. The summed E-state index contributed by atoms with van der Waals surface area (Å²) < 4.78 is 13.2. The zero-order valence-corrected chi connectivity index (χ0v) is 6.97. The average Bonchev–Trinajstić information content (AvgIpc) is 2.19. The van der Waals surface area contributed by atoms with Gasteiger partial charge in [0.1, 0.15) is 24.5 Å². The minimum atomic E-state index is -2.10. The normalized spacial score (nSPS) is 48.4. The third-order valence-corrected chi connectivity index (χ3v) is 2.24. The number of rotatable bonds is 1. The van der Waals surface area contributed by atoms with Crippen LogP contribution in [0, 0.1) is 0 Å². The Morgan fingerprint density at radius 2 is 1.50 bits per heavy atom. The summed E-state index contributed by atoms with van der Waals surface area (Å²) in [4.78, 5) is 2.28. The van der Waals surface area contributed by atoms with Crippen molar-refractivity contribution in [3.05, 3.63) is 10.4 Å². The second kappa shape index (κ2) is 4.07. The van der Waals surface area contributed by atoms with E-state index in [-0.39, 0.29) is 0 Å². The van der Waals surface area contributed by atoms with Crippen LogP contribution in [-0.4, -0.2) is 57.1 Å². The van der Waals surface area contributed by atoms with Crippen LogP contribution in [0.4, 0.5) is 4.39 Å². The summed E-state index contributed by atoms with van der Waals surface area (Å²) >= 11 is 0. The summed E-state index contributed by atoms with van der Waals surface area (Å²) in [6.45, 7) is 0. The van der Waals surface area contributed by atoms with Crippen LogP contribution in [-0.2, 0) is 0 Å². The Morgan fingerprint density at radius 1 is 1.00 bits per heavy atom. The summed E-state index contributed by atoms with van der Waals surface area (Å²) in [5.41, 5.74) is 8.05. The lowest BCUT2D eigenvalue weighted by Gasteiger charge is -2.38. The van der Waals surface area contributed by atoms with Crippen LogP contribution in [0.1, 0.15) is 0 Å². The predicted molar refractivity (Wildman–Crippen MR) is 41.9 cm³/mol. The molecule has 2 unspecified atom stereocenters. The Kier molecular flexibility index (Phi) is 3.25. The number of halogens is 1. The lowest BCUT2D eigenvalue weighted by Crippen LogP contribution is -2.61. The second-order valence-electron chi connectivity index (χ2n) is 3.10. The van der Waals surface area contributed by atoms with E-state index in [0.717, 1.165) is 0 Å². The molecule has 0 heterocycles. The molecule has 0 saturated heterocycles. The Bertz CT molecular complexity index is 243. The molecule has 0 aromatic carbocycles. The summed E-state index contributed by atoms with van der Waals surface area (Å²) in [5, 5.41) is 39.3. The van der Waals surface area contributed by atoms with E-state index in [1.54, 1.807) is 0 Å². The summed E-state index contributed by atoms with van der Waals surface area (Å²) in [6, 6.07) is -1.59. The smallest absolute Gasteiger partial charge is 0.140 e. The molecule has 4 N–H and O–H groups in total. The van der Waals surface area contributed by atoms with Crippen LogP contribution in [0.2, 0.25) is 0 Å². The van der Waals surface area contributed by atoms with Crippen molar-refractivity contribution >= 4 is 0 Å². The van der Waals surface area contributed by atoms with Crippen molar-refractivity contribution in [2.75, 3.05) is 0 Å². The quantitative estimate of drug-likeness (QED) is 0.236. The maximum Gasteiger partial charge on any atom is 0.140 e. The van der Waals surface area contributed by atoms with E-state index < -0.39 is 36.6 Å². The van der Waals surface area contributed by atoms with E-state index in [0.29, 0.717) is 0 Å². The minimum absolute atomic E-state index is 1.59. The fourth-order valence-corrected chi connectivity index (χ4v) is 1.38. The fourth-order valence-electron chi connectivity index (χ4n) is 1.38. The number of nitrogens with zero attached hydrogens (tertiary/aromatic N) is 3. The van der Waals surface area contributed by atoms with E-state index in [9.17, 15) is 9.50 Å². The highest BCUT2D eigenvalue weighted by molar-refractivity contribution is 5.02. The van der Waals surface area contributed by atoms with Crippen molar-refractivity contribution in [3.8, 4) is 0 Å². The molecule has 1 rings (SSSR count). The van der Waals surface area contributed by atoms with Gasteiger partial charge >= 0.3 is 0 Å². The first-order valence-corrected chi connectivity index (χ1v) is 3.91. The Morgan fingerprint density at radius 3 is 2.00 bits per heavy atom.